The molecule has 7 nitrogen and oxygen atoms in total. The van der Waals surface area contributed by atoms with Crippen LogP contribution in [-0.4, -0.2) is 47.4 Å². The Kier molecular flexibility index (Phi) is 23.3. The minimum Gasteiger partial charge on any atom is -0.481 e. The molecule has 0 radical (unpaired) electrons. The average Bonchev–Trinajstić information content (AvgIpc) is 2.81. The van der Waals surface area contributed by atoms with Gasteiger partial charge in [-0.25, -0.2) is 0 Å². The van der Waals surface area contributed by atoms with Crippen LogP contribution in [0.3, 0.4) is 0 Å². The van der Waals surface area contributed by atoms with Crippen molar-refractivity contribution >= 4 is 17.9 Å². The number of carbonyl (C=O) groups is 3. The Hall–Kier alpha value is -1.63. The van der Waals surface area contributed by atoms with E-state index < -0.39 is 24.6 Å². The van der Waals surface area contributed by atoms with E-state index in [0.717, 1.165) is 19.3 Å². The second-order valence-corrected chi connectivity index (χ2v) is 9.28. The molecule has 0 aliphatic heterocycles. The van der Waals surface area contributed by atoms with Crippen LogP contribution in [0.1, 0.15) is 135 Å². The van der Waals surface area contributed by atoms with Crippen LogP contribution in [0.5, 0.6) is 0 Å². The van der Waals surface area contributed by atoms with Crippen molar-refractivity contribution in [2.75, 3.05) is 13.2 Å². The summed E-state index contributed by atoms with van der Waals surface area (Å²) in [5, 5.41) is 17.9. The van der Waals surface area contributed by atoms with Crippen molar-refractivity contribution in [1.29, 1.82) is 0 Å². The summed E-state index contributed by atoms with van der Waals surface area (Å²) in [6, 6.07) is 0. The molecule has 0 saturated heterocycles. The van der Waals surface area contributed by atoms with Crippen LogP contribution in [0.4, 0.5) is 0 Å². The van der Waals surface area contributed by atoms with Gasteiger partial charge >= 0.3 is 17.9 Å². The van der Waals surface area contributed by atoms with Crippen LogP contribution in [0, 0.1) is 0 Å². The van der Waals surface area contributed by atoms with Crippen LogP contribution >= 0.6 is 0 Å². The Bertz CT molecular complexity index is 507. The quantitative estimate of drug-likeness (QED) is 0.114. The maximum Gasteiger partial charge on any atom is 0.306 e. The van der Waals surface area contributed by atoms with Crippen LogP contribution in [0.2, 0.25) is 0 Å². The fourth-order valence-electron chi connectivity index (χ4n) is 3.81. The number of aliphatic hydroxyl groups is 1. The molecular weight excluding hydrogens is 436 g/mol. The fraction of sp³-hybridized carbons (Fsp3) is 0.889. The molecule has 0 bridgehead atoms. The van der Waals surface area contributed by atoms with E-state index in [9.17, 15) is 19.5 Å². The molecule has 0 saturated carbocycles. The number of carboxylic acid groups (broad SMARTS) is 1. The molecule has 0 spiro atoms. The van der Waals surface area contributed by atoms with Gasteiger partial charge in [0.2, 0.25) is 0 Å². The van der Waals surface area contributed by atoms with Crippen molar-refractivity contribution in [3.05, 3.63) is 0 Å². The molecule has 1 atom stereocenters. The molecule has 0 aliphatic carbocycles. The summed E-state index contributed by atoms with van der Waals surface area (Å²) in [4.78, 5) is 34.0. The second kappa shape index (κ2) is 24.5. The van der Waals surface area contributed by atoms with Gasteiger partial charge in [-0.15, -0.1) is 0 Å². The topological polar surface area (TPSA) is 110 Å². The van der Waals surface area contributed by atoms with Crippen LogP contribution in [0.15, 0.2) is 0 Å². The van der Waals surface area contributed by atoms with Gasteiger partial charge in [0.15, 0.2) is 6.10 Å². The molecule has 0 aromatic rings. The average molecular weight is 487 g/mol. The maximum absolute atomic E-state index is 11.9. The number of ether oxygens (including phenoxy) is 2. The van der Waals surface area contributed by atoms with Gasteiger partial charge in [0.05, 0.1) is 6.61 Å². The zero-order chi connectivity index (χ0) is 25.3. The zero-order valence-electron chi connectivity index (χ0n) is 21.6. The number of unbranched alkanes of at least 4 members (excludes halogenated alkanes) is 15. The van der Waals surface area contributed by atoms with E-state index in [1.54, 1.807) is 0 Å². The highest BCUT2D eigenvalue weighted by Gasteiger charge is 2.16. The van der Waals surface area contributed by atoms with E-state index in [1.807, 2.05) is 0 Å². The molecule has 200 valence electrons. The predicted molar refractivity (Wildman–Crippen MR) is 134 cm³/mol. The number of rotatable bonds is 25. The molecule has 0 aromatic heterocycles. The lowest BCUT2D eigenvalue weighted by Gasteiger charge is -2.15. The monoisotopic (exact) mass is 486 g/mol. The SMILES string of the molecule is CCCCCCCCCCCCCCCCCC(=O)OC(CO)COC(=O)CCCCC(=O)O. The van der Waals surface area contributed by atoms with Gasteiger partial charge in [-0.1, -0.05) is 96.8 Å². The predicted octanol–water partition coefficient (Wildman–Crippen LogP) is 6.34. The fourth-order valence-corrected chi connectivity index (χ4v) is 3.81. The Morgan fingerprint density at radius 3 is 1.50 bits per heavy atom. The summed E-state index contributed by atoms with van der Waals surface area (Å²) >= 11 is 0. The standard InChI is InChI=1S/C27H50O7/c1-2-3-4-5-6-7-8-9-10-11-12-13-14-15-16-21-27(32)34-24(22-28)23-33-26(31)20-18-17-19-25(29)30/h24,28H,2-23H2,1H3,(H,29,30). The van der Waals surface area contributed by atoms with Gasteiger partial charge in [0.25, 0.3) is 0 Å². The van der Waals surface area contributed by atoms with Crippen LogP contribution in [0.25, 0.3) is 0 Å². The lowest BCUT2D eigenvalue weighted by Crippen LogP contribution is -2.28. The number of aliphatic hydroxyl groups excluding tert-OH is 1. The third-order valence-electron chi connectivity index (χ3n) is 5.94. The molecule has 7 heteroatoms. The van der Waals surface area contributed by atoms with Crippen molar-refractivity contribution in [2.24, 2.45) is 0 Å². The van der Waals surface area contributed by atoms with Gasteiger partial charge < -0.3 is 19.7 Å². The lowest BCUT2D eigenvalue weighted by atomic mass is 10.0. The first-order valence-corrected chi connectivity index (χ1v) is 13.7. The summed E-state index contributed by atoms with van der Waals surface area (Å²) in [7, 11) is 0. The summed E-state index contributed by atoms with van der Waals surface area (Å²) < 4.78 is 10.2. The highest BCUT2D eigenvalue weighted by atomic mass is 16.6. The minimum atomic E-state index is -0.894. The number of hydrogen-bond acceptors (Lipinski definition) is 6. The van der Waals surface area contributed by atoms with Crippen LogP contribution in [-0.2, 0) is 23.9 Å². The molecule has 0 aliphatic rings. The first-order chi connectivity index (χ1) is 16.5. The van der Waals surface area contributed by atoms with Crippen molar-refractivity contribution in [1.82, 2.24) is 0 Å². The van der Waals surface area contributed by atoms with Crippen LogP contribution < -0.4 is 0 Å². The van der Waals surface area contributed by atoms with Crippen molar-refractivity contribution in [2.45, 2.75) is 141 Å². The molecule has 0 aromatic carbocycles. The van der Waals surface area contributed by atoms with Gasteiger partial charge in [0, 0.05) is 19.3 Å². The normalized spacial score (nSPS) is 11.8. The van der Waals surface area contributed by atoms with E-state index in [0.29, 0.717) is 19.3 Å². The van der Waals surface area contributed by atoms with E-state index in [4.69, 9.17) is 14.6 Å². The first kappa shape index (κ1) is 32.4. The molecule has 34 heavy (non-hydrogen) atoms. The van der Waals surface area contributed by atoms with Gasteiger partial charge in [-0.3, -0.25) is 14.4 Å². The molecular formula is C27H50O7. The Morgan fingerprint density at radius 1 is 0.618 bits per heavy atom. The molecule has 0 fully saturated rings. The highest BCUT2D eigenvalue weighted by Crippen LogP contribution is 2.14. The summed E-state index contributed by atoms with van der Waals surface area (Å²) in [5.41, 5.74) is 0. The zero-order valence-corrected chi connectivity index (χ0v) is 21.6. The van der Waals surface area contributed by atoms with Crippen molar-refractivity contribution in [3.63, 3.8) is 0 Å². The van der Waals surface area contributed by atoms with E-state index in [2.05, 4.69) is 6.92 Å². The maximum atomic E-state index is 11.9. The van der Waals surface area contributed by atoms with Gasteiger partial charge in [0.1, 0.15) is 6.61 Å². The van der Waals surface area contributed by atoms with Crippen molar-refractivity contribution < 1.29 is 34.1 Å². The third-order valence-corrected chi connectivity index (χ3v) is 5.94. The van der Waals surface area contributed by atoms with Gasteiger partial charge in [-0.2, -0.15) is 0 Å². The smallest absolute Gasteiger partial charge is 0.306 e. The minimum absolute atomic E-state index is 0.0173. The number of hydrogen-bond donors (Lipinski definition) is 2. The Morgan fingerprint density at radius 2 is 1.03 bits per heavy atom. The highest BCUT2D eigenvalue weighted by molar-refractivity contribution is 5.70. The van der Waals surface area contributed by atoms with E-state index >= 15 is 0 Å². The lowest BCUT2D eigenvalue weighted by molar-refractivity contribution is -0.161. The number of carboxylic acids is 1. The summed E-state index contributed by atoms with van der Waals surface area (Å²) in [6.45, 7) is 1.67. The number of esters is 2. The van der Waals surface area contributed by atoms with Gasteiger partial charge in [-0.05, 0) is 19.3 Å². The third kappa shape index (κ3) is 23.5. The first-order valence-electron chi connectivity index (χ1n) is 13.7. The molecule has 2 N–H and O–H groups in total. The second-order valence-electron chi connectivity index (χ2n) is 9.28. The molecule has 0 heterocycles. The van der Waals surface area contributed by atoms with E-state index in [1.165, 1.54) is 77.0 Å². The van der Waals surface area contributed by atoms with Crippen molar-refractivity contribution in [3.8, 4) is 0 Å². The van der Waals surface area contributed by atoms with E-state index in [-0.39, 0.29) is 25.4 Å². The summed E-state index contributed by atoms with van der Waals surface area (Å²) in [5.74, 6) is -1.76. The molecule has 0 rings (SSSR count). The molecule has 1 unspecified atom stereocenters. The Labute approximate surface area is 207 Å². The summed E-state index contributed by atoms with van der Waals surface area (Å²) in [6.07, 6.45) is 19.3. The molecule has 0 amide bonds. The largest absolute Gasteiger partial charge is 0.481 e. The Balaban J connectivity index is 3.53. The number of carbonyl (C=O) groups excluding carboxylic acids is 2. The number of aliphatic carboxylic acids is 1.